The van der Waals surface area contributed by atoms with E-state index in [1.54, 1.807) is 12.1 Å². The summed E-state index contributed by atoms with van der Waals surface area (Å²) in [5.74, 6) is -1.15. The number of amides is 2. The van der Waals surface area contributed by atoms with Gasteiger partial charge in [-0.3, -0.25) is 20.4 Å². The number of hydrogen-bond donors (Lipinski definition) is 2. The average Bonchev–Trinajstić information content (AvgIpc) is 2.65. The number of nitrogens with one attached hydrogen (secondary N) is 2. The van der Waals surface area contributed by atoms with Crippen molar-refractivity contribution in [3.63, 3.8) is 0 Å². The van der Waals surface area contributed by atoms with Gasteiger partial charge in [0.25, 0.3) is 11.8 Å². The normalized spacial score (nSPS) is 9.96. The summed E-state index contributed by atoms with van der Waals surface area (Å²) in [6.07, 6.45) is 2.13. The zero-order valence-corrected chi connectivity index (χ0v) is 14.5. The van der Waals surface area contributed by atoms with E-state index in [9.17, 15) is 14.0 Å². The second-order valence-corrected chi connectivity index (χ2v) is 5.25. The van der Waals surface area contributed by atoms with Gasteiger partial charge in [0.2, 0.25) is 0 Å². The van der Waals surface area contributed by atoms with Crippen molar-refractivity contribution in [2.45, 2.75) is 6.42 Å². The van der Waals surface area contributed by atoms with E-state index in [0.29, 0.717) is 23.5 Å². The molecule has 2 aromatic rings. The Morgan fingerprint density at radius 2 is 1.81 bits per heavy atom. The molecular weight excluding hydrogens is 339 g/mol. The largest absolute Gasteiger partial charge is 0.493 e. The number of rotatable bonds is 6. The fourth-order valence-electron chi connectivity index (χ4n) is 2.38. The number of allylic oxidation sites excluding steroid dienone is 1. The molecule has 26 heavy (non-hydrogen) atoms. The van der Waals surface area contributed by atoms with Gasteiger partial charge in [-0.15, -0.1) is 6.58 Å². The molecule has 0 atom stereocenters. The van der Waals surface area contributed by atoms with Gasteiger partial charge in [-0.05, 0) is 30.7 Å². The van der Waals surface area contributed by atoms with Crippen LogP contribution >= 0.6 is 0 Å². The lowest BCUT2D eigenvalue weighted by molar-refractivity contribution is 0.0844. The molecule has 2 N–H and O–H groups in total. The molecular formula is C19H19FN2O4. The third-order valence-corrected chi connectivity index (χ3v) is 3.59. The molecule has 0 aliphatic carbocycles. The minimum absolute atomic E-state index is 0.174. The van der Waals surface area contributed by atoms with E-state index in [0.717, 1.165) is 6.07 Å². The lowest BCUT2D eigenvalue weighted by Crippen LogP contribution is -2.42. The fraction of sp³-hybridized carbons (Fsp3) is 0.158. The molecule has 0 saturated heterocycles. The zero-order valence-electron chi connectivity index (χ0n) is 14.5. The molecule has 7 heteroatoms. The molecule has 0 aliphatic heterocycles. The van der Waals surface area contributed by atoms with Crippen molar-refractivity contribution in [2.24, 2.45) is 0 Å². The minimum atomic E-state index is -0.761. The van der Waals surface area contributed by atoms with Gasteiger partial charge < -0.3 is 9.47 Å². The molecule has 2 rings (SSSR count). The average molecular weight is 358 g/mol. The highest BCUT2D eigenvalue weighted by Crippen LogP contribution is 2.33. The summed E-state index contributed by atoms with van der Waals surface area (Å²) >= 11 is 0. The maximum Gasteiger partial charge on any atom is 0.272 e. The van der Waals surface area contributed by atoms with E-state index in [-0.39, 0.29) is 11.1 Å². The summed E-state index contributed by atoms with van der Waals surface area (Å²) in [5.41, 5.74) is 5.21. The highest BCUT2D eigenvalue weighted by molar-refractivity contribution is 5.99. The van der Waals surface area contributed by atoms with Crippen molar-refractivity contribution in [2.75, 3.05) is 14.2 Å². The smallest absolute Gasteiger partial charge is 0.272 e. The van der Waals surface area contributed by atoms with Gasteiger partial charge in [-0.25, -0.2) is 4.39 Å². The van der Waals surface area contributed by atoms with Crippen LogP contribution in [0.25, 0.3) is 0 Å². The van der Waals surface area contributed by atoms with Crippen molar-refractivity contribution >= 4 is 11.8 Å². The molecule has 0 unspecified atom stereocenters. The first-order valence-corrected chi connectivity index (χ1v) is 7.72. The van der Waals surface area contributed by atoms with Gasteiger partial charge in [-0.1, -0.05) is 18.2 Å². The third kappa shape index (κ3) is 4.18. The molecule has 0 fully saturated rings. The minimum Gasteiger partial charge on any atom is -0.493 e. The molecule has 0 radical (unpaired) electrons. The number of benzene rings is 2. The molecule has 0 spiro atoms. The Kier molecular flexibility index (Phi) is 6.32. The highest BCUT2D eigenvalue weighted by atomic mass is 19.1. The van der Waals surface area contributed by atoms with Crippen molar-refractivity contribution in [3.05, 3.63) is 71.6 Å². The SMILES string of the molecule is C=CCc1cc(C(=O)NNC(=O)c2ccccc2F)cc(OC)c1OC. The van der Waals surface area contributed by atoms with Crippen LogP contribution in [0.4, 0.5) is 4.39 Å². The Morgan fingerprint density at radius 1 is 1.12 bits per heavy atom. The van der Waals surface area contributed by atoms with Crippen LogP contribution in [-0.2, 0) is 6.42 Å². The molecule has 0 saturated carbocycles. The number of halogens is 1. The van der Waals surface area contributed by atoms with E-state index in [4.69, 9.17) is 9.47 Å². The van der Waals surface area contributed by atoms with Crippen LogP contribution in [0.2, 0.25) is 0 Å². The summed E-state index contributed by atoms with van der Waals surface area (Å²) in [5, 5.41) is 0. The van der Waals surface area contributed by atoms with Crippen LogP contribution in [0.15, 0.2) is 49.1 Å². The predicted molar refractivity (Wildman–Crippen MR) is 94.8 cm³/mol. The van der Waals surface area contributed by atoms with Gasteiger partial charge in [-0.2, -0.15) is 0 Å². The van der Waals surface area contributed by atoms with Crippen LogP contribution < -0.4 is 20.3 Å². The van der Waals surface area contributed by atoms with E-state index >= 15 is 0 Å². The Bertz CT molecular complexity index is 836. The van der Waals surface area contributed by atoms with Gasteiger partial charge in [0.05, 0.1) is 19.8 Å². The van der Waals surface area contributed by atoms with Crippen molar-refractivity contribution < 1.29 is 23.5 Å². The molecule has 0 heterocycles. The fourth-order valence-corrected chi connectivity index (χ4v) is 2.38. The maximum absolute atomic E-state index is 13.6. The van der Waals surface area contributed by atoms with Gasteiger partial charge in [0.1, 0.15) is 5.82 Å². The Labute approximate surface area is 150 Å². The number of hydrazine groups is 1. The third-order valence-electron chi connectivity index (χ3n) is 3.59. The number of methoxy groups -OCH3 is 2. The van der Waals surface area contributed by atoms with Crippen molar-refractivity contribution in [1.29, 1.82) is 0 Å². The van der Waals surface area contributed by atoms with Crippen LogP contribution in [-0.4, -0.2) is 26.0 Å². The summed E-state index contributed by atoms with van der Waals surface area (Å²) in [6.45, 7) is 3.67. The highest BCUT2D eigenvalue weighted by Gasteiger charge is 2.17. The van der Waals surface area contributed by atoms with Crippen LogP contribution in [0.5, 0.6) is 11.5 Å². The number of hydrogen-bond acceptors (Lipinski definition) is 4. The van der Waals surface area contributed by atoms with Crippen LogP contribution in [0.3, 0.4) is 0 Å². The molecule has 0 aliphatic rings. The van der Waals surface area contributed by atoms with E-state index in [1.165, 1.54) is 38.5 Å². The van der Waals surface area contributed by atoms with Gasteiger partial charge >= 0.3 is 0 Å². The first kappa shape index (κ1) is 19.0. The Hall–Kier alpha value is -3.35. The molecule has 0 aromatic heterocycles. The topological polar surface area (TPSA) is 76.7 Å². The predicted octanol–water partition coefficient (Wildman–Crippen LogP) is 2.65. The monoisotopic (exact) mass is 358 g/mol. The van der Waals surface area contributed by atoms with Crippen LogP contribution in [0.1, 0.15) is 26.3 Å². The molecule has 2 aromatic carbocycles. The quantitative estimate of drug-likeness (QED) is 0.615. The second kappa shape index (κ2) is 8.66. The Balaban J connectivity index is 2.19. The van der Waals surface area contributed by atoms with E-state index < -0.39 is 17.6 Å². The number of ether oxygens (including phenoxy) is 2. The number of carbonyl (C=O) groups excluding carboxylic acids is 2. The summed E-state index contributed by atoms with van der Waals surface area (Å²) in [6, 6.07) is 8.55. The lowest BCUT2D eigenvalue weighted by atomic mass is 10.1. The van der Waals surface area contributed by atoms with Gasteiger partial charge in [0.15, 0.2) is 11.5 Å². The summed E-state index contributed by atoms with van der Waals surface area (Å²) in [7, 11) is 2.95. The lowest BCUT2D eigenvalue weighted by Gasteiger charge is -2.14. The molecule has 0 bridgehead atoms. The molecule has 136 valence electrons. The maximum atomic E-state index is 13.6. The van der Waals surface area contributed by atoms with E-state index in [2.05, 4.69) is 17.4 Å². The second-order valence-electron chi connectivity index (χ2n) is 5.25. The standard InChI is InChI=1S/C19H19FN2O4/c1-4-7-12-10-13(11-16(25-2)17(12)26-3)18(23)21-22-19(24)14-8-5-6-9-15(14)20/h4-6,8-11H,1,7H2,2-3H3,(H,21,23)(H,22,24). The summed E-state index contributed by atoms with van der Waals surface area (Å²) in [4.78, 5) is 24.3. The van der Waals surface area contributed by atoms with Crippen molar-refractivity contribution in [3.8, 4) is 11.5 Å². The first-order chi connectivity index (χ1) is 12.5. The van der Waals surface area contributed by atoms with Crippen molar-refractivity contribution in [1.82, 2.24) is 10.9 Å². The summed E-state index contributed by atoms with van der Waals surface area (Å²) < 4.78 is 24.2. The van der Waals surface area contributed by atoms with Gasteiger partial charge in [0, 0.05) is 11.1 Å². The zero-order chi connectivity index (χ0) is 19.1. The molecule has 2 amide bonds. The molecule has 6 nitrogen and oxygen atoms in total. The Morgan fingerprint density at radius 3 is 2.42 bits per heavy atom. The van der Waals surface area contributed by atoms with Crippen LogP contribution in [0, 0.1) is 5.82 Å². The number of carbonyl (C=O) groups is 2. The van der Waals surface area contributed by atoms with E-state index in [1.807, 2.05) is 0 Å². The first-order valence-electron chi connectivity index (χ1n) is 7.72.